The smallest absolute Gasteiger partial charge is 0.256 e. The molecule has 1 heterocycles. The fourth-order valence-corrected chi connectivity index (χ4v) is 1.74. The zero-order valence-electron chi connectivity index (χ0n) is 12.2. The lowest BCUT2D eigenvalue weighted by atomic mass is 10.1. The van der Waals surface area contributed by atoms with Crippen LogP contribution in [0.4, 0.5) is 5.82 Å². The second-order valence-corrected chi connectivity index (χ2v) is 4.94. The van der Waals surface area contributed by atoms with Crippen LogP contribution in [-0.4, -0.2) is 22.7 Å². The molecule has 2 aromatic rings. The number of ether oxygens (including phenoxy) is 1. The summed E-state index contributed by atoms with van der Waals surface area (Å²) < 4.78 is 5.37. The molecule has 2 N–H and O–H groups in total. The number of nitrogens with one attached hydrogen (secondary N) is 2. The summed E-state index contributed by atoms with van der Waals surface area (Å²) in [6, 6.07) is 8.77. The molecule has 1 amide bonds. The Morgan fingerprint density at radius 3 is 2.71 bits per heavy atom. The highest BCUT2D eigenvalue weighted by molar-refractivity contribution is 6.03. The van der Waals surface area contributed by atoms with E-state index in [1.807, 2.05) is 6.07 Å². The Bertz CT molecular complexity index is 615. The van der Waals surface area contributed by atoms with E-state index in [1.165, 1.54) is 0 Å². The molecular formula is C16H19N3O2. The van der Waals surface area contributed by atoms with Crippen LogP contribution in [0, 0.1) is 0 Å². The van der Waals surface area contributed by atoms with Gasteiger partial charge < -0.3 is 10.1 Å². The quantitative estimate of drug-likeness (QED) is 0.800. The summed E-state index contributed by atoms with van der Waals surface area (Å²) in [7, 11) is 0. The Morgan fingerprint density at radius 2 is 2.14 bits per heavy atom. The molecule has 0 spiro atoms. The van der Waals surface area contributed by atoms with Gasteiger partial charge in [0.1, 0.15) is 12.4 Å². The summed E-state index contributed by atoms with van der Waals surface area (Å²) in [4.78, 5) is 12.1. The van der Waals surface area contributed by atoms with Crippen LogP contribution in [0.1, 0.15) is 35.8 Å². The predicted octanol–water partition coefficient (Wildman–Crippen LogP) is 3.35. The first-order valence-corrected chi connectivity index (χ1v) is 6.80. The minimum Gasteiger partial charge on any atom is -0.490 e. The summed E-state index contributed by atoms with van der Waals surface area (Å²) in [5.41, 5.74) is 1.54. The van der Waals surface area contributed by atoms with Crippen LogP contribution in [0.15, 0.2) is 43.0 Å². The number of anilines is 1. The molecule has 110 valence electrons. The van der Waals surface area contributed by atoms with Crippen molar-refractivity contribution in [2.24, 2.45) is 0 Å². The van der Waals surface area contributed by atoms with Crippen LogP contribution in [0.2, 0.25) is 0 Å². The molecule has 0 saturated heterocycles. The molecule has 0 aliphatic carbocycles. The van der Waals surface area contributed by atoms with Crippen molar-refractivity contribution in [3.8, 4) is 5.75 Å². The number of rotatable bonds is 6. The van der Waals surface area contributed by atoms with Crippen LogP contribution in [0.25, 0.3) is 0 Å². The van der Waals surface area contributed by atoms with Crippen molar-refractivity contribution < 1.29 is 9.53 Å². The number of benzene rings is 1. The molecule has 0 saturated carbocycles. The van der Waals surface area contributed by atoms with Crippen molar-refractivity contribution in [1.82, 2.24) is 10.2 Å². The number of H-pyrrole nitrogens is 1. The number of carbonyl (C=O) groups is 1. The second-order valence-electron chi connectivity index (χ2n) is 4.94. The van der Waals surface area contributed by atoms with Gasteiger partial charge in [0.25, 0.3) is 5.91 Å². The molecule has 1 aromatic carbocycles. The summed E-state index contributed by atoms with van der Waals surface area (Å²) in [6.07, 6.45) is 1.67. The summed E-state index contributed by atoms with van der Waals surface area (Å²) in [5, 5.41) is 9.73. The van der Waals surface area contributed by atoms with Gasteiger partial charge in [0.2, 0.25) is 0 Å². The Kier molecular flexibility index (Phi) is 4.77. The number of aromatic nitrogens is 2. The minimum absolute atomic E-state index is 0.202. The molecule has 0 bridgehead atoms. The van der Waals surface area contributed by atoms with Crippen molar-refractivity contribution in [3.63, 3.8) is 0 Å². The van der Waals surface area contributed by atoms with Crippen LogP contribution in [0.3, 0.4) is 0 Å². The topological polar surface area (TPSA) is 67.0 Å². The van der Waals surface area contributed by atoms with Gasteiger partial charge in [-0.15, -0.1) is 0 Å². The Morgan fingerprint density at radius 1 is 1.43 bits per heavy atom. The van der Waals surface area contributed by atoms with Crippen molar-refractivity contribution in [1.29, 1.82) is 0 Å². The largest absolute Gasteiger partial charge is 0.490 e. The Labute approximate surface area is 124 Å². The van der Waals surface area contributed by atoms with Gasteiger partial charge in [-0.2, -0.15) is 5.10 Å². The lowest BCUT2D eigenvalue weighted by molar-refractivity contribution is 0.102. The van der Waals surface area contributed by atoms with Crippen LogP contribution in [-0.2, 0) is 0 Å². The van der Waals surface area contributed by atoms with E-state index in [-0.39, 0.29) is 5.91 Å². The van der Waals surface area contributed by atoms with E-state index < -0.39 is 0 Å². The van der Waals surface area contributed by atoms with Crippen LogP contribution in [0.5, 0.6) is 5.75 Å². The van der Waals surface area contributed by atoms with Crippen molar-refractivity contribution in [2.45, 2.75) is 19.8 Å². The number of amides is 1. The zero-order chi connectivity index (χ0) is 15.2. The van der Waals surface area contributed by atoms with Gasteiger partial charge in [-0.25, -0.2) is 0 Å². The predicted molar refractivity (Wildman–Crippen MR) is 82.8 cm³/mol. The third-order valence-electron chi connectivity index (χ3n) is 2.95. The van der Waals surface area contributed by atoms with Crippen molar-refractivity contribution >= 4 is 11.7 Å². The molecule has 21 heavy (non-hydrogen) atoms. The lowest BCUT2D eigenvalue weighted by Gasteiger charge is -2.05. The van der Waals surface area contributed by atoms with Crippen molar-refractivity contribution in [3.05, 3.63) is 54.2 Å². The maximum Gasteiger partial charge on any atom is 0.256 e. The van der Waals surface area contributed by atoms with Crippen LogP contribution < -0.4 is 10.1 Å². The Hall–Kier alpha value is -2.56. The van der Waals surface area contributed by atoms with E-state index in [9.17, 15) is 4.79 Å². The maximum absolute atomic E-state index is 12.1. The number of carbonyl (C=O) groups excluding carboxylic acids is 1. The summed E-state index contributed by atoms with van der Waals surface area (Å²) in [5.74, 6) is 1.36. The highest BCUT2D eigenvalue weighted by Crippen LogP contribution is 2.16. The normalized spacial score (nSPS) is 10.4. The zero-order valence-corrected chi connectivity index (χ0v) is 12.2. The van der Waals surface area contributed by atoms with Gasteiger partial charge in [-0.05, 0) is 30.2 Å². The average molecular weight is 285 g/mol. The fraction of sp³-hybridized carbons (Fsp3) is 0.250. The molecule has 0 radical (unpaired) electrons. The van der Waals surface area contributed by atoms with Crippen LogP contribution >= 0.6 is 0 Å². The van der Waals surface area contributed by atoms with Crippen molar-refractivity contribution in [2.75, 3.05) is 11.9 Å². The first kappa shape index (κ1) is 14.8. The summed E-state index contributed by atoms with van der Waals surface area (Å²) >= 11 is 0. The van der Waals surface area contributed by atoms with E-state index in [1.54, 1.807) is 30.3 Å². The number of hydrogen-bond donors (Lipinski definition) is 2. The average Bonchev–Trinajstić information content (AvgIpc) is 2.94. The molecule has 0 fully saturated rings. The Balaban J connectivity index is 2.00. The van der Waals surface area contributed by atoms with E-state index >= 15 is 0 Å². The third kappa shape index (κ3) is 3.95. The molecule has 5 heteroatoms. The summed E-state index contributed by atoms with van der Waals surface area (Å²) in [6.45, 7) is 8.14. The SMILES string of the molecule is C=CCOc1ccc(C(=O)Nc2cc(C(C)C)[nH]n2)cc1. The van der Waals surface area contributed by atoms with Gasteiger partial charge in [0.05, 0.1) is 0 Å². The van der Waals surface area contributed by atoms with Gasteiger partial charge in [0.15, 0.2) is 5.82 Å². The van der Waals surface area contributed by atoms with Gasteiger partial charge >= 0.3 is 0 Å². The highest BCUT2D eigenvalue weighted by atomic mass is 16.5. The third-order valence-corrected chi connectivity index (χ3v) is 2.95. The molecule has 0 aliphatic heterocycles. The lowest BCUT2D eigenvalue weighted by Crippen LogP contribution is -2.12. The van der Waals surface area contributed by atoms with E-state index in [0.717, 1.165) is 5.69 Å². The monoisotopic (exact) mass is 285 g/mol. The second kappa shape index (κ2) is 6.74. The molecule has 2 rings (SSSR count). The minimum atomic E-state index is -0.202. The molecule has 0 atom stereocenters. The maximum atomic E-state index is 12.1. The standard InChI is InChI=1S/C16H19N3O2/c1-4-9-21-13-7-5-12(6-8-13)16(20)17-15-10-14(11(2)3)18-19-15/h4-8,10-11H,1,9H2,2-3H3,(H2,17,18,19,20). The van der Waals surface area contributed by atoms with E-state index in [4.69, 9.17) is 4.74 Å². The highest BCUT2D eigenvalue weighted by Gasteiger charge is 2.10. The molecular weight excluding hydrogens is 266 g/mol. The van der Waals surface area contributed by atoms with Gasteiger partial charge in [-0.3, -0.25) is 9.89 Å². The molecule has 0 aliphatic rings. The number of hydrogen-bond acceptors (Lipinski definition) is 3. The number of nitrogens with zero attached hydrogens (tertiary/aromatic N) is 1. The first-order valence-electron chi connectivity index (χ1n) is 6.80. The van der Waals surface area contributed by atoms with E-state index in [0.29, 0.717) is 29.7 Å². The first-order chi connectivity index (χ1) is 10.1. The van der Waals surface area contributed by atoms with E-state index in [2.05, 4.69) is 35.9 Å². The van der Waals surface area contributed by atoms with Gasteiger partial charge in [-0.1, -0.05) is 26.5 Å². The molecule has 5 nitrogen and oxygen atoms in total. The number of aromatic amines is 1. The molecule has 1 aromatic heterocycles. The fourth-order valence-electron chi connectivity index (χ4n) is 1.74. The molecule has 0 unspecified atom stereocenters. The van der Waals surface area contributed by atoms with Gasteiger partial charge in [0, 0.05) is 17.3 Å².